The summed E-state index contributed by atoms with van der Waals surface area (Å²) in [6.07, 6.45) is 1.61. The van der Waals surface area contributed by atoms with Crippen LogP contribution in [0.5, 0.6) is 0 Å². The summed E-state index contributed by atoms with van der Waals surface area (Å²) in [5.74, 6) is 0. The zero-order valence-corrected chi connectivity index (χ0v) is 11.1. The molecule has 0 saturated heterocycles. The third-order valence-corrected chi connectivity index (χ3v) is 3.55. The molecule has 0 heterocycles. The van der Waals surface area contributed by atoms with E-state index in [0.29, 0.717) is 0 Å². The molecule has 0 aliphatic carbocycles. The van der Waals surface area contributed by atoms with Crippen molar-refractivity contribution in [1.29, 1.82) is 0 Å². The molecule has 0 aromatic heterocycles. The highest BCUT2D eigenvalue weighted by molar-refractivity contribution is 9.10. The Labute approximate surface area is 118 Å². The summed E-state index contributed by atoms with van der Waals surface area (Å²) >= 11 is 3.47. The summed E-state index contributed by atoms with van der Waals surface area (Å²) in [6, 6.07) is 5.94. The Morgan fingerprint density at radius 3 is 2.47 bits per heavy atom. The van der Waals surface area contributed by atoms with Crippen LogP contribution in [0.15, 0.2) is 71.6 Å². The maximum Gasteiger partial charge on any atom is 0.0626 e. The lowest BCUT2D eigenvalue weighted by molar-refractivity contribution is 0.721. The van der Waals surface area contributed by atoms with Gasteiger partial charge in [-0.15, -0.1) is 6.58 Å². The Morgan fingerprint density at radius 2 is 1.88 bits per heavy atom. The molecule has 0 spiro atoms. The van der Waals surface area contributed by atoms with Crippen LogP contribution in [0, 0.1) is 0 Å². The Bertz CT molecular complexity index is 727. The predicted octanol–water partition coefficient (Wildman–Crippen LogP) is 4.94. The molecule has 0 saturated carbocycles. The standard InChI is InChI=1S/C16H15Br/c1-3-16(2,13-9-5-4-6-10-13)14-11-7-8-12-15(14)17/h3-12H,1H2,2H3/t16-/m1/s1/i4D,5D,6D,9D,10D. The van der Waals surface area contributed by atoms with E-state index >= 15 is 0 Å². The molecule has 0 aliphatic heterocycles. The van der Waals surface area contributed by atoms with Crippen molar-refractivity contribution in [3.8, 4) is 0 Å². The highest BCUT2D eigenvalue weighted by Crippen LogP contribution is 2.36. The molecular formula is C16H15Br. The second kappa shape index (κ2) is 4.89. The second-order valence-electron chi connectivity index (χ2n) is 3.89. The van der Waals surface area contributed by atoms with Crippen molar-refractivity contribution >= 4 is 15.9 Å². The first-order valence-corrected chi connectivity index (χ1v) is 6.01. The van der Waals surface area contributed by atoms with Crippen molar-refractivity contribution in [2.24, 2.45) is 0 Å². The number of hydrogen-bond acceptors (Lipinski definition) is 0. The van der Waals surface area contributed by atoms with E-state index in [1.54, 1.807) is 13.0 Å². The van der Waals surface area contributed by atoms with Crippen LogP contribution >= 0.6 is 15.9 Å². The molecule has 2 aromatic carbocycles. The molecule has 17 heavy (non-hydrogen) atoms. The smallest absolute Gasteiger partial charge is 0.0626 e. The van der Waals surface area contributed by atoms with Crippen molar-refractivity contribution < 1.29 is 6.85 Å². The van der Waals surface area contributed by atoms with E-state index in [2.05, 4.69) is 22.5 Å². The summed E-state index contributed by atoms with van der Waals surface area (Å²) in [5.41, 5.74) is 0.108. The summed E-state index contributed by atoms with van der Waals surface area (Å²) in [4.78, 5) is 0. The van der Waals surface area contributed by atoms with Gasteiger partial charge < -0.3 is 0 Å². The first-order valence-electron chi connectivity index (χ1n) is 7.71. The van der Waals surface area contributed by atoms with Gasteiger partial charge in [-0.1, -0.05) is 70.4 Å². The quantitative estimate of drug-likeness (QED) is 0.703. The van der Waals surface area contributed by atoms with Crippen LogP contribution in [0.3, 0.4) is 0 Å². The fraction of sp³-hybridized carbons (Fsp3) is 0.125. The normalized spacial score (nSPS) is 18.1. The molecule has 2 aromatic rings. The van der Waals surface area contributed by atoms with Crippen molar-refractivity contribution in [2.45, 2.75) is 12.3 Å². The minimum atomic E-state index is -0.909. The van der Waals surface area contributed by atoms with E-state index in [-0.39, 0.29) is 29.7 Å². The molecule has 1 heteroatoms. The molecule has 0 nitrogen and oxygen atoms in total. The van der Waals surface area contributed by atoms with Gasteiger partial charge >= 0.3 is 0 Å². The van der Waals surface area contributed by atoms with E-state index in [4.69, 9.17) is 6.85 Å². The molecule has 2 rings (SSSR count). The van der Waals surface area contributed by atoms with Crippen molar-refractivity contribution in [3.05, 3.63) is 82.7 Å². The van der Waals surface area contributed by atoms with Crippen LogP contribution in [0.4, 0.5) is 0 Å². The van der Waals surface area contributed by atoms with Crippen LogP contribution in [-0.2, 0) is 5.41 Å². The maximum atomic E-state index is 8.18. The summed E-state index contributed by atoms with van der Waals surface area (Å²) in [7, 11) is 0. The van der Waals surface area contributed by atoms with Crippen molar-refractivity contribution in [1.82, 2.24) is 0 Å². The Hall–Kier alpha value is -1.34. The van der Waals surface area contributed by atoms with E-state index < -0.39 is 11.5 Å². The van der Waals surface area contributed by atoms with Crippen LogP contribution in [0.1, 0.15) is 24.9 Å². The average Bonchev–Trinajstić information content (AvgIpc) is 2.51. The number of allylic oxidation sites excluding steroid dienone is 1. The van der Waals surface area contributed by atoms with Gasteiger partial charge in [0.15, 0.2) is 0 Å². The Balaban J connectivity index is 2.89. The molecule has 86 valence electrons. The first-order chi connectivity index (χ1) is 10.3. The highest BCUT2D eigenvalue weighted by Gasteiger charge is 2.26. The van der Waals surface area contributed by atoms with Gasteiger partial charge in [0, 0.05) is 9.89 Å². The van der Waals surface area contributed by atoms with Gasteiger partial charge in [-0.3, -0.25) is 0 Å². The minimum Gasteiger partial charge on any atom is -0.102 e. The monoisotopic (exact) mass is 291 g/mol. The van der Waals surface area contributed by atoms with Crippen molar-refractivity contribution in [2.75, 3.05) is 0 Å². The molecule has 0 N–H and O–H groups in total. The first kappa shape index (κ1) is 7.17. The average molecular weight is 292 g/mol. The van der Waals surface area contributed by atoms with E-state index in [9.17, 15) is 0 Å². The SMILES string of the molecule is [2H]c1c([2H])c([2H])c([C@@](C)(C=C)c2ccccc2Br)c([2H])c1[2H]. The zero-order chi connectivity index (χ0) is 16.7. The van der Waals surface area contributed by atoms with Crippen LogP contribution < -0.4 is 0 Å². The molecule has 0 aliphatic rings. The predicted molar refractivity (Wildman–Crippen MR) is 77.2 cm³/mol. The third kappa shape index (κ3) is 2.20. The van der Waals surface area contributed by atoms with E-state index in [0.717, 1.165) is 10.0 Å². The van der Waals surface area contributed by atoms with Crippen LogP contribution in [0.2, 0.25) is 0 Å². The van der Waals surface area contributed by atoms with E-state index in [1.807, 2.05) is 24.3 Å². The Morgan fingerprint density at radius 1 is 1.24 bits per heavy atom. The van der Waals surface area contributed by atoms with Crippen molar-refractivity contribution in [3.63, 3.8) is 0 Å². The van der Waals surface area contributed by atoms with E-state index in [1.165, 1.54) is 0 Å². The molecule has 0 unspecified atom stereocenters. The molecule has 0 bridgehead atoms. The minimum absolute atomic E-state index is 0.204. The second-order valence-corrected chi connectivity index (χ2v) is 4.74. The topological polar surface area (TPSA) is 0 Å². The van der Waals surface area contributed by atoms with Gasteiger partial charge in [-0.2, -0.15) is 0 Å². The van der Waals surface area contributed by atoms with Crippen LogP contribution in [-0.4, -0.2) is 0 Å². The number of benzene rings is 2. The van der Waals surface area contributed by atoms with Gasteiger partial charge in [0.25, 0.3) is 0 Å². The lowest BCUT2D eigenvalue weighted by Crippen LogP contribution is -2.20. The maximum absolute atomic E-state index is 8.18. The van der Waals surface area contributed by atoms with Gasteiger partial charge in [-0.25, -0.2) is 0 Å². The zero-order valence-electron chi connectivity index (χ0n) is 14.5. The summed E-state index contributed by atoms with van der Waals surface area (Å²) in [5, 5.41) is 0. The molecule has 0 radical (unpaired) electrons. The molecule has 1 atom stereocenters. The van der Waals surface area contributed by atoms with Gasteiger partial charge in [-0.05, 0) is 24.1 Å². The fourth-order valence-corrected chi connectivity index (χ4v) is 2.44. The third-order valence-electron chi connectivity index (χ3n) is 2.86. The molecular weight excluding hydrogens is 272 g/mol. The summed E-state index contributed by atoms with van der Waals surface area (Å²) < 4.78 is 40.6. The van der Waals surface area contributed by atoms with Gasteiger partial charge in [0.1, 0.15) is 0 Å². The number of rotatable bonds is 3. The molecule has 0 fully saturated rings. The van der Waals surface area contributed by atoms with Crippen LogP contribution in [0.25, 0.3) is 0 Å². The Kier molecular flexibility index (Phi) is 2.06. The highest BCUT2D eigenvalue weighted by atomic mass is 79.9. The molecule has 0 amide bonds. The lowest BCUT2D eigenvalue weighted by Gasteiger charge is -2.28. The lowest BCUT2D eigenvalue weighted by atomic mass is 9.76. The number of hydrogen-bond donors (Lipinski definition) is 0. The fourth-order valence-electron chi connectivity index (χ4n) is 1.74. The van der Waals surface area contributed by atoms with Gasteiger partial charge in [0.2, 0.25) is 0 Å². The number of halogens is 1. The van der Waals surface area contributed by atoms with Gasteiger partial charge in [0.05, 0.1) is 6.85 Å². The summed E-state index contributed by atoms with van der Waals surface area (Å²) in [6.45, 7) is 5.63. The largest absolute Gasteiger partial charge is 0.102 e.